The molecule has 29 heavy (non-hydrogen) atoms. The highest BCUT2D eigenvalue weighted by Gasteiger charge is 2.65. The second-order valence-electron chi connectivity index (χ2n) is 8.08. The van der Waals surface area contributed by atoms with E-state index in [1.807, 2.05) is 70.6 Å². The Balaban J connectivity index is 1.34. The van der Waals surface area contributed by atoms with Crippen LogP contribution in [-0.4, -0.2) is 51.5 Å². The SMILES string of the molecule is O=C(c1cccc2[nH]ccc12)N1CC[C@@]23O[C@@H](c4ccccc4)CN2C(=O)C[C@@H]13. The molecule has 146 valence electrons. The van der Waals surface area contributed by atoms with E-state index < -0.39 is 5.72 Å². The highest BCUT2D eigenvalue weighted by atomic mass is 16.5. The molecule has 1 aromatic heterocycles. The van der Waals surface area contributed by atoms with Crippen LogP contribution in [0.25, 0.3) is 10.9 Å². The zero-order chi connectivity index (χ0) is 19.6. The molecule has 0 unspecified atom stereocenters. The van der Waals surface area contributed by atoms with E-state index in [-0.39, 0.29) is 24.0 Å². The average Bonchev–Trinajstić information content (AvgIpc) is 3.49. The molecule has 3 aliphatic heterocycles. The van der Waals surface area contributed by atoms with Crippen molar-refractivity contribution in [2.24, 2.45) is 0 Å². The third kappa shape index (κ3) is 2.26. The Hall–Kier alpha value is -3.12. The van der Waals surface area contributed by atoms with Gasteiger partial charge in [0.1, 0.15) is 6.10 Å². The van der Waals surface area contributed by atoms with Gasteiger partial charge in [-0.15, -0.1) is 0 Å². The predicted molar refractivity (Wildman–Crippen MR) is 107 cm³/mol. The molecular formula is C23H21N3O3. The van der Waals surface area contributed by atoms with Gasteiger partial charge in [-0.25, -0.2) is 0 Å². The minimum Gasteiger partial charge on any atom is -0.361 e. The molecule has 6 heteroatoms. The van der Waals surface area contributed by atoms with Gasteiger partial charge >= 0.3 is 0 Å². The molecule has 4 heterocycles. The van der Waals surface area contributed by atoms with E-state index in [9.17, 15) is 9.59 Å². The number of carbonyl (C=O) groups is 2. The Morgan fingerprint density at radius 3 is 2.83 bits per heavy atom. The summed E-state index contributed by atoms with van der Waals surface area (Å²) in [4.78, 5) is 33.2. The largest absolute Gasteiger partial charge is 0.361 e. The van der Waals surface area contributed by atoms with Crippen molar-refractivity contribution >= 4 is 22.7 Å². The molecule has 1 spiro atoms. The van der Waals surface area contributed by atoms with Crippen LogP contribution in [0.3, 0.4) is 0 Å². The lowest BCUT2D eigenvalue weighted by atomic mass is 10.0. The molecule has 3 aromatic rings. The van der Waals surface area contributed by atoms with Crippen LogP contribution in [0.4, 0.5) is 0 Å². The van der Waals surface area contributed by atoms with Crippen molar-refractivity contribution in [3.8, 4) is 0 Å². The molecule has 3 saturated heterocycles. The van der Waals surface area contributed by atoms with E-state index in [4.69, 9.17) is 4.74 Å². The normalized spacial score (nSPS) is 28.2. The highest BCUT2D eigenvalue weighted by Crippen LogP contribution is 2.51. The third-order valence-corrected chi connectivity index (χ3v) is 6.69. The minimum absolute atomic E-state index is 0.0292. The zero-order valence-electron chi connectivity index (χ0n) is 15.9. The maximum absolute atomic E-state index is 13.5. The first kappa shape index (κ1) is 16.8. The first-order valence-corrected chi connectivity index (χ1v) is 10.1. The summed E-state index contributed by atoms with van der Waals surface area (Å²) in [7, 11) is 0. The van der Waals surface area contributed by atoms with Crippen LogP contribution in [0.5, 0.6) is 0 Å². The fraction of sp³-hybridized carbons (Fsp3) is 0.304. The van der Waals surface area contributed by atoms with Crippen LogP contribution in [0.2, 0.25) is 0 Å². The molecule has 3 aliphatic rings. The summed E-state index contributed by atoms with van der Waals surface area (Å²) >= 11 is 0. The van der Waals surface area contributed by atoms with Gasteiger partial charge in [-0.3, -0.25) is 9.59 Å². The van der Waals surface area contributed by atoms with Gasteiger partial charge in [-0.2, -0.15) is 0 Å². The van der Waals surface area contributed by atoms with Crippen molar-refractivity contribution in [1.29, 1.82) is 0 Å². The smallest absolute Gasteiger partial charge is 0.254 e. The molecule has 0 radical (unpaired) electrons. The molecule has 0 saturated carbocycles. The quantitative estimate of drug-likeness (QED) is 0.735. The van der Waals surface area contributed by atoms with E-state index in [0.717, 1.165) is 16.5 Å². The first-order valence-electron chi connectivity index (χ1n) is 10.1. The highest BCUT2D eigenvalue weighted by molar-refractivity contribution is 6.07. The second-order valence-corrected chi connectivity index (χ2v) is 8.08. The summed E-state index contributed by atoms with van der Waals surface area (Å²) in [5.41, 5.74) is 1.99. The molecular weight excluding hydrogens is 366 g/mol. The average molecular weight is 387 g/mol. The van der Waals surface area contributed by atoms with Crippen molar-refractivity contribution in [2.75, 3.05) is 13.1 Å². The van der Waals surface area contributed by atoms with Gasteiger partial charge in [-0.1, -0.05) is 36.4 Å². The Morgan fingerprint density at radius 1 is 1.10 bits per heavy atom. The fourth-order valence-corrected chi connectivity index (χ4v) is 5.34. The molecule has 0 aliphatic carbocycles. The summed E-state index contributed by atoms with van der Waals surface area (Å²) in [5.74, 6) is 0.0456. The molecule has 1 N–H and O–H groups in total. The van der Waals surface area contributed by atoms with Gasteiger partial charge in [0.05, 0.1) is 19.0 Å². The van der Waals surface area contributed by atoms with Crippen molar-refractivity contribution in [3.63, 3.8) is 0 Å². The molecule has 3 atom stereocenters. The number of likely N-dealkylation sites (tertiary alicyclic amines) is 1. The van der Waals surface area contributed by atoms with E-state index in [1.54, 1.807) is 0 Å². The molecule has 2 aromatic carbocycles. The summed E-state index contributed by atoms with van der Waals surface area (Å²) in [6, 6.07) is 17.4. The van der Waals surface area contributed by atoms with Gasteiger partial charge in [0.25, 0.3) is 5.91 Å². The van der Waals surface area contributed by atoms with Crippen LogP contribution in [0, 0.1) is 0 Å². The number of hydrogen-bond donors (Lipinski definition) is 1. The topological polar surface area (TPSA) is 65.6 Å². The van der Waals surface area contributed by atoms with Gasteiger partial charge in [0, 0.05) is 35.6 Å². The Morgan fingerprint density at radius 2 is 1.97 bits per heavy atom. The standard InChI is InChI=1S/C23H21N3O3/c27-21-13-20-23(26(21)14-19(29-23)15-5-2-1-3-6-15)10-12-25(20)22(28)17-7-4-8-18-16(17)9-11-24-18/h1-9,11,19-20,24H,10,12-14H2/t19-,20-,23+/m1/s1. The number of ether oxygens (including phenoxy) is 1. The number of carbonyl (C=O) groups excluding carboxylic acids is 2. The maximum atomic E-state index is 13.5. The monoisotopic (exact) mass is 387 g/mol. The lowest BCUT2D eigenvalue weighted by Gasteiger charge is -2.32. The molecule has 2 amide bonds. The van der Waals surface area contributed by atoms with Gasteiger partial charge in [-0.05, 0) is 23.8 Å². The Labute approximate surface area is 168 Å². The van der Waals surface area contributed by atoms with Crippen LogP contribution in [-0.2, 0) is 9.53 Å². The number of H-pyrrole nitrogens is 1. The van der Waals surface area contributed by atoms with E-state index in [2.05, 4.69) is 4.98 Å². The van der Waals surface area contributed by atoms with Gasteiger partial charge < -0.3 is 19.5 Å². The van der Waals surface area contributed by atoms with Gasteiger partial charge in [0.2, 0.25) is 5.91 Å². The van der Waals surface area contributed by atoms with Crippen molar-refractivity contribution in [3.05, 3.63) is 71.9 Å². The van der Waals surface area contributed by atoms with Gasteiger partial charge in [0.15, 0.2) is 5.72 Å². The molecule has 3 fully saturated rings. The minimum atomic E-state index is -0.695. The zero-order valence-corrected chi connectivity index (χ0v) is 15.9. The number of fused-ring (bicyclic) bond motifs is 1. The number of amides is 2. The van der Waals surface area contributed by atoms with Crippen LogP contribution < -0.4 is 0 Å². The van der Waals surface area contributed by atoms with Crippen molar-refractivity contribution in [1.82, 2.24) is 14.8 Å². The molecule has 6 nitrogen and oxygen atoms in total. The Kier molecular flexibility index (Phi) is 3.44. The fourth-order valence-electron chi connectivity index (χ4n) is 5.34. The first-order chi connectivity index (χ1) is 14.2. The summed E-state index contributed by atoms with van der Waals surface area (Å²) in [5, 5.41) is 0.911. The van der Waals surface area contributed by atoms with Crippen molar-refractivity contribution in [2.45, 2.75) is 30.7 Å². The molecule has 0 bridgehead atoms. The second kappa shape index (κ2) is 5.94. The van der Waals surface area contributed by atoms with Crippen LogP contribution in [0.1, 0.15) is 34.9 Å². The predicted octanol–water partition coefficient (Wildman–Crippen LogP) is 3.08. The number of benzene rings is 2. The number of rotatable bonds is 2. The summed E-state index contributed by atoms with van der Waals surface area (Å²) < 4.78 is 6.55. The third-order valence-electron chi connectivity index (χ3n) is 6.69. The van der Waals surface area contributed by atoms with Crippen LogP contribution >= 0.6 is 0 Å². The number of nitrogens with one attached hydrogen (secondary N) is 1. The number of aromatic amines is 1. The molecule has 6 rings (SSSR count). The summed E-state index contributed by atoms with van der Waals surface area (Å²) in [6.07, 6.45) is 2.68. The number of nitrogens with zero attached hydrogens (tertiary/aromatic N) is 2. The van der Waals surface area contributed by atoms with Crippen LogP contribution in [0.15, 0.2) is 60.8 Å². The maximum Gasteiger partial charge on any atom is 0.254 e. The number of hydrogen-bond acceptors (Lipinski definition) is 3. The lowest BCUT2D eigenvalue weighted by Crippen LogP contribution is -2.48. The van der Waals surface area contributed by atoms with E-state index in [0.29, 0.717) is 31.5 Å². The van der Waals surface area contributed by atoms with E-state index >= 15 is 0 Å². The van der Waals surface area contributed by atoms with E-state index in [1.165, 1.54) is 0 Å². The summed E-state index contributed by atoms with van der Waals surface area (Å²) in [6.45, 7) is 1.14. The van der Waals surface area contributed by atoms with Crippen molar-refractivity contribution < 1.29 is 14.3 Å². The Bertz CT molecular complexity index is 1120. The lowest BCUT2D eigenvalue weighted by molar-refractivity contribution is -0.138. The number of aromatic nitrogens is 1.